The van der Waals surface area contributed by atoms with Crippen molar-refractivity contribution in [3.63, 3.8) is 0 Å². The number of rotatable bonds is 4. The van der Waals surface area contributed by atoms with Gasteiger partial charge in [0.2, 0.25) is 0 Å². The number of non-ortho nitro benzene ring substituents is 1. The van der Waals surface area contributed by atoms with E-state index >= 15 is 0 Å². The van der Waals surface area contributed by atoms with E-state index in [9.17, 15) is 15.4 Å². The lowest BCUT2D eigenvalue weighted by molar-refractivity contribution is -0.384. The number of hydrogen-bond donors (Lipinski definition) is 0. The van der Waals surface area contributed by atoms with Gasteiger partial charge in [-0.25, -0.2) is 0 Å². The Hall–Kier alpha value is -3.13. The Morgan fingerprint density at radius 3 is 2.45 bits per heavy atom. The predicted molar refractivity (Wildman–Crippen MR) is 87.3 cm³/mol. The summed E-state index contributed by atoms with van der Waals surface area (Å²) < 4.78 is 0. The highest BCUT2D eigenvalue weighted by Gasteiger charge is 2.08. The Morgan fingerprint density at radius 2 is 1.91 bits per heavy atom. The average Bonchev–Trinajstić information content (AvgIpc) is 2.53. The smallest absolute Gasteiger partial charge is 0.270 e. The molecule has 0 saturated carbocycles. The fourth-order valence-electron chi connectivity index (χ4n) is 2.00. The molecule has 2 rings (SSSR count). The minimum atomic E-state index is -0.468. The zero-order valence-corrected chi connectivity index (χ0v) is 12.4. The molecule has 0 aliphatic rings. The number of nitro groups is 1. The first-order chi connectivity index (χ1) is 10.5. The van der Waals surface area contributed by atoms with Crippen LogP contribution in [0.2, 0.25) is 0 Å². The maximum absolute atomic E-state index is 10.8. The molecule has 110 valence electrons. The molecule has 2 aromatic carbocycles. The fourth-order valence-corrected chi connectivity index (χ4v) is 2.00. The molecule has 0 spiro atoms. The van der Waals surface area contributed by atoms with E-state index in [1.54, 1.807) is 18.2 Å². The average molecular weight is 293 g/mol. The molecule has 0 fully saturated rings. The van der Waals surface area contributed by atoms with Crippen LogP contribution in [0.1, 0.15) is 11.1 Å². The van der Waals surface area contributed by atoms with Crippen LogP contribution in [0, 0.1) is 21.4 Å². The van der Waals surface area contributed by atoms with Gasteiger partial charge in [0.15, 0.2) is 0 Å². The molecule has 0 unspecified atom stereocenters. The monoisotopic (exact) mass is 293 g/mol. The summed E-state index contributed by atoms with van der Waals surface area (Å²) in [6.07, 6.45) is 1.72. The summed E-state index contributed by atoms with van der Waals surface area (Å²) in [6, 6.07) is 15.9. The third kappa shape index (κ3) is 3.49. The second-order valence-electron chi connectivity index (χ2n) is 4.96. The van der Waals surface area contributed by atoms with E-state index < -0.39 is 4.92 Å². The molecule has 0 saturated heterocycles. The first-order valence-electron chi connectivity index (χ1n) is 6.65. The van der Waals surface area contributed by atoms with Crippen LogP contribution < -0.4 is 4.90 Å². The van der Waals surface area contributed by atoms with E-state index in [0.717, 1.165) is 11.3 Å². The third-order valence-corrected chi connectivity index (χ3v) is 3.21. The molecule has 0 heterocycles. The highest BCUT2D eigenvalue weighted by molar-refractivity contribution is 5.90. The van der Waals surface area contributed by atoms with Gasteiger partial charge in [-0.2, -0.15) is 5.26 Å². The lowest BCUT2D eigenvalue weighted by atomic mass is 10.0. The zero-order valence-electron chi connectivity index (χ0n) is 12.4. The predicted octanol–water partition coefficient (Wildman–Crippen LogP) is 3.72. The van der Waals surface area contributed by atoms with Crippen LogP contribution in [0.5, 0.6) is 0 Å². The topological polar surface area (TPSA) is 70.2 Å². The molecular formula is C17H15N3O2. The molecule has 0 aliphatic heterocycles. The van der Waals surface area contributed by atoms with Crippen LogP contribution in [-0.4, -0.2) is 19.0 Å². The van der Waals surface area contributed by atoms with Gasteiger partial charge >= 0.3 is 0 Å². The fraction of sp³-hybridized carbons (Fsp3) is 0.118. The van der Waals surface area contributed by atoms with Crippen molar-refractivity contribution in [1.29, 1.82) is 5.26 Å². The maximum Gasteiger partial charge on any atom is 0.270 e. The molecule has 0 radical (unpaired) electrons. The van der Waals surface area contributed by atoms with Gasteiger partial charge in [-0.15, -0.1) is 0 Å². The van der Waals surface area contributed by atoms with Gasteiger partial charge in [0.05, 0.1) is 16.6 Å². The van der Waals surface area contributed by atoms with Gasteiger partial charge in [0.1, 0.15) is 0 Å². The van der Waals surface area contributed by atoms with Gasteiger partial charge in [0, 0.05) is 31.9 Å². The Bertz CT molecular complexity index is 756. The molecule has 0 atom stereocenters. The van der Waals surface area contributed by atoms with E-state index in [1.807, 2.05) is 43.3 Å². The van der Waals surface area contributed by atoms with Crippen molar-refractivity contribution in [3.8, 4) is 6.07 Å². The van der Waals surface area contributed by atoms with Gasteiger partial charge in [-0.05, 0) is 29.3 Å². The largest absolute Gasteiger partial charge is 0.378 e. The molecule has 5 heteroatoms. The molecule has 0 aromatic heterocycles. The minimum Gasteiger partial charge on any atom is -0.378 e. The summed E-state index contributed by atoms with van der Waals surface area (Å²) in [5.41, 5.74) is 2.83. The van der Waals surface area contributed by atoms with Crippen LogP contribution in [0.4, 0.5) is 11.4 Å². The molecule has 22 heavy (non-hydrogen) atoms. The summed E-state index contributed by atoms with van der Waals surface area (Å²) in [4.78, 5) is 12.3. The Balaban J connectivity index is 2.37. The van der Waals surface area contributed by atoms with Gasteiger partial charge in [-0.3, -0.25) is 10.1 Å². The van der Waals surface area contributed by atoms with Gasteiger partial charge in [0.25, 0.3) is 5.69 Å². The zero-order chi connectivity index (χ0) is 16.1. The second-order valence-corrected chi connectivity index (χ2v) is 4.96. The van der Waals surface area contributed by atoms with E-state index in [2.05, 4.69) is 6.07 Å². The lowest BCUT2D eigenvalue weighted by Gasteiger charge is -2.11. The molecular weight excluding hydrogens is 278 g/mol. The standard InChI is InChI=1S/C17H15N3O2/c1-19(2)16-8-6-13(7-9-16)10-15(12-18)14-4-3-5-17(11-14)20(21)22/h3-11H,1-2H3/b15-10-. The van der Waals surface area contributed by atoms with Crippen molar-refractivity contribution in [3.05, 3.63) is 69.8 Å². The molecule has 5 nitrogen and oxygen atoms in total. The molecule has 0 N–H and O–H groups in total. The van der Waals surface area contributed by atoms with E-state index in [-0.39, 0.29) is 5.69 Å². The normalized spacial score (nSPS) is 10.9. The quantitative estimate of drug-likeness (QED) is 0.373. The van der Waals surface area contributed by atoms with Crippen LogP contribution in [-0.2, 0) is 0 Å². The second kappa shape index (κ2) is 6.55. The number of nitrogens with zero attached hydrogens (tertiary/aromatic N) is 3. The summed E-state index contributed by atoms with van der Waals surface area (Å²) in [5, 5.41) is 20.1. The highest BCUT2D eigenvalue weighted by atomic mass is 16.6. The minimum absolute atomic E-state index is 0.0263. The third-order valence-electron chi connectivity index (χ3n) is 3.21. The van der Waals surface area contributed by atoms with Crippen LogP contribution in [0.3, 0.4) is 0 Å². The van der Waals surface area contributed by atoms with E-state index in [4.69, 9.17) is 0 Å². The summed E-state index contributed by atoms with van der Waals surface area (Å²) in [6.45, 7) is 0. The first-order valence-corrected chi connectivity index (χ1v) is 6.65. The first kappa shape index (κ1) is 15.3. The van der Waals surface area contributed by atoms with E-state index in [1.165, 1.54) is 12.1 Å². The van der Waals surface area contributed by atoms with Crippen LogP contribution >= 0.6 is 0 Å². The summed E-state index contributed by atoms with van der Waals surface area (Å²) in [7, 11) is 3.91. The van der Waals surface area contributed by atoms with Crippen LogP contribution in [0.15, 0.2) is 48.5 Å². The number of anilines is 1. The van der Waals surface area contributed by atoms with Gasteiger partial charge < -0.3 is 4.90 Å². The number of nitro benzene ring substituents is 1. The van der Waals surface area contributed by atoms with Crippen molar-refractivity contribution < 1.29 is 4.92 Å². The summed E-state index contributed by atoms with van der Waals surface area (Å²) in [5.74, 6) is 0. The van der Waals surface area contributed by atoms with Crippen LogP contribution in [0.25, 0.3) is 11.6 Å². The Kier molecular flexibility index (Phi) is 4.54. The number of benzene rings is 2. The molecule has 0 aliphatic carbocycles. The number of hydrogen-bond acceptors (Lipinski definition) is 4. The highest BCUT2D eigenvalue weighted by Crippen LogP contribution is 2.23. The van der Waals surface area contributed by atoms with E-state index in [0.29, 0.717) is 11.1 Å². The summed E-state index contributed by atoms with van der Waals surface area (Å²) >= 11 is 0. The number of allylic oxidation sites excluding steroid dienone is 1. The Morgan fingerprint density at radius 1 is 1.23 bits per heavy atom. The van der Waals surface area contributed by atoms with Gasteiger partial charge in [-0.1, -0.05) is 24.3 Å². The van der Waals surface area contributed by atoms with Crippen molar-refractivity contribution in [2.24, 2.45) is 0 Å². The lowest BCUT2D eigenvalue weighted by Crippen LogP contribution is -2.07. The SMILES string of the molecule is CN(C)c1ccc(/C=C(/C#N)c2cccc([N+](=O)[O-])c2)cc1. The van der Waals surface area contributed by atoms with Crippen molar-refractivity contribution in [2.75, 3.05) is 19.0 Å². The molecule has 0 amide bonds. The van der Waals surface area contributed by atoms with Crippen molar-refractivity contribution >= 4 is 23.0 Å². The molecule has 0 bridgehead atoms. The number of nitriles is 1. The maximum atomic E-state index is 10.8. The van der Waals surface area contributed by atoms with Crippen molar-refractivity contribution in [1.82, 2.24) is 0 Å². The van der Waals surface area contributed by atoms with Crippen molar-refractivity contribution in [2.45, 2.75) is 0 Å². The Labute approximate surface area is 128 Å². The molecule has 2 aromatic rings.